The van der Waals surface area contributed by atoms with Gasteiger partial charge in [-0.1, -0.05) is 24.8 Å². The summed E-state index contributed by atoms with van der Waals surface area (Å²) < 4.78 is 5.61. The van der Waals surface area contributed by atoms with E-state index in [4.69, 9.17) is 4.74 Å². The summed E-state index contributed by atoms with van der Waals surface area (Å²) in [6.07, 6.45) is 3.52. The first kappa shape index (κ1) is 10.6. The van der Waals surface area contributed by atoms with E-state index < -0.39 is 0 Å². The Labute approximate surface area is 101 Å². The van der Waals surface area contributed by atoms with Crippen LogP contribution in [-0.4, -0.2) is 12.1 Å². The maximum Gasteiger partial charge on any atom is 0.338 e. The van der Waals surface area contributed by atoms with Gasteiger partial charge in [-0.15, -0.1) is 0 Å². The van der Waals surface area contributed by atoms with Crippen LogP contribution >= 0.6 is 0 Å². The van der Waals surface area contributed by atoms with E-state index in [0.717, 1.165) is 12.0 Å². The van der Waals surface area contributed by atoms with Crippen LogP contribution < -0.4 is 0 Å². The topological polar surface area (TPSA) is 26.3 Å². The molecule has 0 radical (unpaired) electrons. The second-order valence-electron chi connectivity index (χ2n) is 5.04. The Kier molecular flexibility index (Phi) is 2.50. The molecule has 2 aliphatic carbocycles. The summed E-state index contributed by atoms with van der Waals surface area (Å²) in [7, 11) is 0. The third-order valence-electron chi connectivity index (χ3n) is 4.03. The quantitative estimate of drug-likeness (QED) is 0.574. The van der Waals surface area contributed by atoms with Crippen molar-refractivity contribution < 1.29 is 9.53 Å². The zero-order valence-electron chi connectivity index (χ0n) is 9.76. The van der Waals surface area contributed by atoms with Gasteiger partial charge < -0.3 is 4.74 Å². The minimum absolute atomic E-state index is 0.0403. The molecule has 0 amide bonds. The smallest absolute Gasteiger partial charge is 0.338 e. The molecule has 0 heterocycles. The van der Waals surface area contributed by atoms with Crippen molar-refractivity contribution in [1.82, 2.24) is 0 Å². The fraction of sp³-hybridized carbons (Fsp3) is 0.400. The van der Waals surface area contributed by atoms with Crippen molar-refractivity contribution in [2.45, 2.75) is 25.4 Å². The van der Waals surface area contributed by atoms with Gasteiger partial charge in [-0.2, -0.15) is 0 Å². The molecule has 0 saturated heterocycles. The van der Waals surface area contributed by atoms with Gasteiger partial charge in [0.2, 0.25) is 0 Å². The average Bonchev–Trinajstić information content (AvgIpc) is 2.94. The van der Waals surface area contributed by atoms with E-state index in [1.165, 1.54) is 12.8 Å². The third-order valence-corrected chi connectivity index (χ3v) is 4.03. The molecule has 17 heavy (non-hydrogen) atoms. The molecule has 0 N–H and O–H groups in total. The zero-order valence-corrected chi connectivity index (χ0v) is 9.76. The molecule has 1 aromatic carbocycles. The Morgan fingerprint density at radius 3 is 2.65 bits per heavy atom. The second-order valence-corrected chi connectivity index (χ2v) is 5.04. The van der Waals surface area contributed by atoms with Crippen molar-refractivity contribution in [3.63, 3.8) is 0 Å². The highest BCUT2D eigenvalue weighted by atomic mass is 16.5. The molecule has 0 aromatic heterocycles. The molecule has 0 spiro atoms. The van der Waals surface area contributed by atoms with Crippen LogP contribution in [0.4, 0.5) is 0 Å². The van der Waals surface area contributed by atoms with Crippen molar-refractivity contribution in [2.75, 3.05) is 0 Å². The van der Waals surface area contributed by atoms with Crippen LogP contribution in [0.25, 0.3) is 0 Å². The highest BCUT2D eigenvalue weighted by Crippen LogP contribution is 2.48. The number of benzene rings is 1. The highest BCUT2D eigenvalue weighted by Gasteiger charge is 2.44. The highest BCUT2D eigenvalue weighted by molar-refractivity contribution is 5.89. The maximum absolute atomic E-state index is 12.0. The summed E-state index contributed by atoms with van der Waals surface area (Å²) >= 11 is 0. The van der Waals surface area contributed by atoms with Crippen molar-refractivity contribution >= 4 is 5.97 Å². The maximum atomic E-state index is 12.0. The summed E-state index contributed by atoms with van der Waals surface area (Å²) in [6, 6.07) is 9.18. The van der Waals surface area contributed by atoms with Crippen LogP contribution in [0, 0.1) is 11.8 Å². The van der Waals surface area contributed by atoms with Gasteiger partial charge in [0.05, 0.1) is 5.56 Å². The summed E-state index contributed by atoms with van der Waals surface area (Å²) in [6.45, 7) is 4.09. The predicted molar refractivity (Wildman–Crippen MR) is 65.6 cm³/mol. The molecule has 1 aromatic rings. The fourth-order valence-corrected chi connectivity index (χ4v) is 3.09. The van der Waals surface area contributed by atoms with Gasteiger partial charge in [-0.05, 0) is 42.9 Å². The normalized spacial score (nSPS) is 30.6. The molecule has 2 fully saturated rings. The Morgan fingerprint density at radius 2 is 2.00 bits per heavy atom. The summed E-state index contributed by atoms with van der Waals surface area (Å²) in [4.78, 5) is 12.0. The minimum Gasteiger partial charge on any atom is -0.454 e. The van der Waals surface area contributed by atoms with E-state index >= 15 is 0 Å². The van der Waals surface area contributed by atoms with Gasteiger partial charge in [0.15, 0.2) is 0 Å². The molecule has 2 nitrogen and oxygen atoms in total. The largest absolute Gasteiger partial charge is 0.454 e. The van der Waals surface area contributed by atoms with Gasteiger partial charge in [0.1, 0.15) is 6.10 Å². The molecule has 2 bridgehead atoms. The zero-order chi connectivity index (χ0) is 11.8. The predicted octanol–water partition coefficient (Wildman–Crippen LogP) is 3.20. The standard InChI is InChI=1S/C15H16O2/c1-10-12-7-8-13(9-12)14(10)17-15(16)11-5-3-2-4-6-11/h2-6,12-14H,1,7-9H2/t12-,13-,14+/m0/s1. The monoisotopic (exact) mass is 228 g/mol. The SMILES string of the molecule is C=C1[C@H]2CC[C@@H](C2)[C@@H]1OC(=O)c1ccccc1. The Balaban J connectivity index is 1.72. The van der Waals surface area contributed by atoms with Gasteiger partial charge in [0, 0.05) is 5.92 Å². The number of fused-ring (bicyclic) bond motifs is 2. The van der Waals surface area contributed by atoms with Gasteiger partial charge in [-0.25, -0.2) is 4.79 Å². The lowest BCUT2D eigenvalue weighted by Crippen LogP contribution is -2.25. The lowest BCUT2D eigenvalue weighted by molar-refractivity contribution is 0.0274. The van der Waals surface area contributed by atoms with Crippen molar-refractivity contribution in [3.8, 4) is 0 Å². The number of hydrogen-bond acceptors (Lipinski definition) is 2. The van der Waals surface area contributed by atoms with Gasteiger partial charge >= 0.3 is 5.97 Å². The molecule has 2 saturated carbocycles. The van der Waals surface area contributed by atoms with Crippen LogP contribution in [-0.2, 0) is 4.74 Å². The average molecular weight is 228 g/mol. The lowest BCUT2D eigenvalue weighted by atomic mass is 9.93. The number of hydrogen-bond donors (Lipinski definition) is 0. The van der Waals surface area contributed by atoms with Gasteiger partial charge in [0.25, 0.3) is 0 Å². The molecular weight excluding hydrogens is 212 g/mol. The van der Waals surface area contributed by atoms with Crippen LogP contribution in [0.15, 0.2) is 42.5 Å². The number of ether oxygens (including phenoxy) is 1. The molecule has 88 valence electrons. The molecule has 0 unspecified atom stereocenters. The first-order valence-electron chi connectivity index (χ1n) is 6.20. The Morgan fingerprint density at radius 1 is 1.24 bits per heavy atom. The summed E-state index contributed by atoms with van der Waals surface area (Å²) in [5, 5.41) is 0. The first-order chi connectivity index (χ1) is 8.25. The molecule has 2 heteroatoms. The van der Waals surface area contributed by atoms with E-state index in [0.29, 0.717) is 17.4 Å². The lowest BCUT2D eigenvalue weighted by Gasteiger charge is -2.24. The Hall–Kier alpha value is -1.57. The molecular formula is C15H16O2. The van der Waals surface area contributed by atoms with Crippen LogP contribution in [0.1, 0.15) is 29.6 Å². The number of rotatable bonds is 2. The van der Waals surface area contributed by atoms with Crippen LogP contribution in [0.2, 0.25) is 0 Å². The first-order valence-corrected chi connectivity index (χ1v) is 6.20. The number of esters is 1. The van der Waals surface area contributed by atoms with E-state index in [2.05, 4.69) is 6.58 Å². The fourth-order valence-electron chi connectivity index (χ4n) is 3.09. The van der Waals surface area contributed by atoms with Crippen molar-refractivity contribution in [3.05, 3.63) is 48.0 Å². The molecule has 2 aliphatic rings. The van der Waals surface area contributed by atoms with E-state index in [1.807, 2.05) is 18.2 Å². The summed E-state index contributed by atoms with van der Waals surface area (Å²) in [5.41, 5.74) is 1.76. The van der Waals surface area contributed by atoms with Crippen LogP contribution in [0.3, 0.4) is 0 Å². The van der Waals surface area contributed by atoms with Crippen LogP contribution in [0.5, 0.6) is 0 Å². The van der Waals surface area contributed by atoms with Gasteiger partial charge in [-0.3, -0.25) is 0 Å². The minimum atomic E-state index is -0.218. The van der Waals surface area contributed by atoms with E-state index in [9.17, 15) is 4.79 Å². The molecule has 3 rings (SSSR count). The second kappa shape index (κ2) is 4.02. The third kappa shape index (κ3) is 1.78. The molecule has 0 aliphatic heterocycles. The van der Waals surface area contributed by atoms with Crippen molar-refractivity contribution in [2.24, 2.45) is 11.8 Å². The van der Waals surface area contributed by atoms with E-state index in [1.54, 1.807) is 12.1 Å². The summed E-state index contributed by atoms with van der Waals surface area (Å²) in [5.74, 6) is 0.887. The number of carbonyl (C=O) groups is 1. The molecule has 3 atom stereocenters. The number of carbonyl (C=O) groups excluding carboxylic acids is 1. The Bertz CT molecular complexity index is 449. The van der Waals surface area contributed by atoms with E-state index in [-0.39, 0.29) is 12.1 Å². The van der Waals surface area contributed by atoms with Crippen molar-refractivity contribution in [1.29, 1.82) is 0 Å².